The summed E-state index contributed by atoms with van der Waals surface area (Å²) in [7, 11) is 0. The molecule has 0 atom stereocenters. The van der Waals surface area contributed by atoms with Gasteiger partial charge in [-0.1, -0.05) is 131 Å². The highest BCUT2D eigenvalue weighted by Gasteiger charge is 2.55. The van der Waals surface area contributed by atoms with Gasteiger partial charge in [0.2, 0.25) is 0 Å². The SMILES string of the molecule is OC1(c2cccc3ccccc23)c2c(Cl)ccc(Cl)c2C(O)(c2cccc3ccccc23)c2c(Cl)ccc(Cl)c21. The van der Waals surface area contributed by atoms with Gasteiger partial charge in [-0.3, -0.25) is 0 Å². The molecule has 0 aromatic heterocycles. The Hall–Kier alpha value is -3.08. The Morgan fingerprint density at radius 1 is 0.375 bits per heavy atom. The molecule has 6 heteroatoms. The number of fused-ring (bicyclic) bond motifs is 4. The lowest BCUT2D eigenvalue weighted by molar-refractivity contribution is 0.0767. The number of halogens is 4. The minimum absolute atomic E-state index is 0.232. The molecule has 0 spiro atoms. The van der Waals surface area contributed by atoms with E-state index in [-0.39, 0.29) is 42.3 Å². The molecule has 1 aliphatic carbocycles. The smallest absolute Gasteiger partial charge is 0.144 e. The van der Waals surface area contributed by atoms with Gasteiger partial charge < -0.3 is 10.2 Å². The lowest BCUT2D eigenvalue weighted by Crippen LogP contribution is -2.45. The van der Waals surface area contributed by atoms with Crippen LogP contribution in [0.3, 0.4) is 0 Å². The lowest BCUT2D eigenvalue weighted by Gasteiger charge is -2.47. The largest absolute Gasteiger partial charge is 0.376 e. The lowest BCUT2D eigenvalue weighted by atomic mass is 9.62. The van der Waals surface area contributed by atoms with Crippen molar-refractivity contribution in [1.29, 1.82) is 0 Å². The van der Waals surface area contributed by atoms with Gasteiger partial charge in [-0.15, -0.1) is 0 Å². The average molecular weight is 602 g/mol. The third-order valence-electron chi connectivity index (χ3n) is 8.01. The van der Waals surface area contributed by atoms with Crippen LogP contribution in [-0.2, 0) is 11.2 Å². The predicted molar refractivity (Wildman–Crippen MR) is 165 cm³/mol. The van der Waals surface area contributed by atoms with Gasteiger partial charge in [-0.25, -0.2) is 0 Å². The molecule has 0 bridgehead atoms. The van der Waals surface area contributed by atoms with Crippen molar-refractivity contribution in [3.05, 3.63) is 163 Å². The van der Waals surface area contributed by atoms with Gasteiger partial charge in [0.05, 0.1) is 0 Å². The Bertz CT molecular complexity index is 1790. The Labute approximate surface area is 250 Å². The van der Waals surface area contributed by atoms with Crippen LogP contribution in [0.1, 0.15) is 33.4 Å². The first-order valence-electron chi connectivity index (χ1n) is 12.7. The third-order valence-corrected chi connectivity index (χ3v) is 9.27. The molecule has 196 valence electrons. The number of hydrogen-bond acceptors (Lipinski definition) is 2. The van der Waals surface area contributed by atoms with E-state index in [0.29, 0.717) is 11.1 Å². The van der Waals surface area contributed by atoms with E-state index in [2.05, 4.69) is 0 Å². The van der Waals surface area contributed by atoms with E-state index in [1.165, 1.54) is 0 Å². The summed E-state index contributed by atoms with van der Waals surface area (Å²) in [5, 5.41) is 30.7. The molecule has 2 N–H and O–H groups in total. The van der Waals surface area contributed by atoms with Gasteiger partial charge in [0.1, 0.15) is 11.2 Å². The maximum atomic E-state index is 13.2. The molecule has 0 unspecified atom stereocenters. The van der Waals surface area contributed by atoms with Crippen molar-refractivity contribution in [2.24, 2.45) is 0 Å². The standard InChI is InChI=1S/C34H20Cl4O2/c35-25-15-17-27(37)31-29(25)33(39,23-13-5-9-19-7-1-3-11-21(19)23)30-26(36)16-18-28(38)32(30)34(31,40)24-14-6-10-20-8-2-4-12-22(20)24/h1-18,39-40H. The van der Waals surface area contributed by atoms with Crippen LogP contribution in [0.25, 0.3) is 21.5 Å². The number of hydrogen-bond donors (Lipinski definition) is 2. The second-order valence-electron chi connectivity index (χ2n) is 10.0. The zero-order chi connectivity index (χ0) is 27.8. The molecule has 0 fully saturated rings. The average Bonchev–Trinajstić information content (AvgIpc) is 2.97. The topological polar surface area (TPSA) is 40.5 Å². The Morgan fingerprint density at radius 2 is 0.675 bits per heavy atom. The fourth-order valence-electron chi connectivity index (χ4n) is 6.39. The normalized spacial score (nSPS) is 19.9. The Balaban J connectivity index is 1.74. The number of rotatable bonds is 2. The second-order valence-corrected chi connectivity index (χ2v) is 11.7. The molecule has 0 saturated heterocycles. The summed E-state index contributed by atoms with van der Waals surface area (Å²) < 4.78 is 0. The summed E-state index contributed by atoms with van der Waals surface area (Å²) in [5.41, 5.74) is -1.72. The fourth-order valence-corrected chi connectivity index (χ4v) is 7.57. The Kier molecular flexibility index (Phi) is 5.96. The molecule has 0 saturated carbocycles. The van der Waals surface area contributed by atoms with E-state index in [1.54, 1.807) is 24.3 Å². The summed E-state index contributed by atoms with van der Waals surface area (Å²) in [4.78, 5) is 0. The maximum Gasteiger partial charge on any atom is 0.144 e. The van der Waals surface area contributed by atoms with Gasteiger partial charge in [-0.05, 0) is 45.8 Å². The van der Waals surface area contributed by atoms with Gasteiger partial charge in [-0.2, -0.15) is 0 Å². The van der Waals surface area contributed by atoms with Crippen molar-refractivity contribution in [3.63, 3.8) is 0 Å². The molecule has 0 aliphatic heterocycles. The molecule has 0 radical (unpaired) electrons. The molecular weight excluding hydrogens is 582 g/mol. The highest BCUT2D eigenvalue weighted by Crippen LogP contribution is 2.60. The molecule has 40 heavy (non-hydrogen) atoms. The van der Waals surface area contributed by atoms with E-state index in [0.717, 1.165) is 21.5 Å². The van der Waals surface area contributed by atoms with E-state index >= 15 is 0 Å². The van der Waals surface area contributed by atoms with Crippen molar-refractivity contribution < 1.29 is 10.2 Å². The van der Waals surface area contributed by atoms with Crippen molar-refractivity contribution in [3.8, 4) is 0 Å². The van der Waals surface area contributed by atoms with Gasteiger partial charge in [0.15, 0.2) is 0 Å². The van der Waals surface area contributed by atoms with Crippen LogP contribution in [0, 0.1) is 0 Å². The number of aliphatic hydroxyl groups is 2. The summed E-state index contributed by atoms with van der Waals surface area (Å²) in [5.74, 6) is 0. The summed E-state index contributed by atoms with van der Waals surface area (Å²) in [6.07, 6.45) is 0. The van der Waals surface area contributed by atoms with E-state index in [1.807, 2.05) is 84.9 Å². The molecule has 7 rings (SSSR count). The van der Waals surface area contributed by atoms with Crippen LogP contribution in [0.15, 0.2) is 109 Å². The Morgan fingerprint density at radius 3 is 1.02 bits per heavy atom. The molecule has 6 aromatic carbocycles. The second kappa shape index (κ2) is 9.22. The number of benzene rings is 6. The van der Waals surface area contributed by atoms with Crippen LogP contribution in [0.4, 0.5) is 0 Å². The van der Waals surface area contributed by atoms with Crippen LogP contribution >= 0.6 is 46.4 Å². The summed E-state index contributed by atoms with van der Waals surface area (Å²) >= 11 is 27.9. The maximum absolute atomic E-state index is 13.2. The van der Waals surface area contributed by atoms with Crippen LogP contribution in [-0.4, -0.2) is 10.2 Å². The van der Waals surface area contributed by atoms with E-state index < -0.39 is 11.2 Å². The van der Waals surface area contributed by atoms with Gasteiger partial charge in [0, 0.05) is 53.5 Å². The van der Waals surface area contributed by atoms with Gasteiger partial charge >= 0.3 is 0 Å². The van der Waals surface area contributed by atoms with Gasteiger partial charge in [0.25, 0.3) is 0 Å². The third kappa shape index (κ3) is 3.39. The first-order chi connectivity index (χ1) is 19.3. The predicted octanol–water partition coefficient (Wildman–Crippen LogP) is 9.49. The van der Waals surface area contributed by atoms with Crippen molar-refractivity contribution in [1.82, 2.24) is 0 Å². The molecule has 1 aliphatic rings. The van der Waals surface area contributed by atoms with Crippen LogP contribution in [0.2, 0.25) is 20.1 Å². The molecule has 2 nitrogen and oxygen atoms in total. The highest BCUT2D eigenvalue weighted by atomic mass is 35.5. The first-order valence-corrected chi connectivity index (χ1v) is 14.2. The minimum atomic E-state index is -1.91. The van der Waals surface area contributed by atoms with E-state index in [9.17, 15) is 10.2 Å². The van der Waals surface area contributed by atoms with Crippen LogP contribution < -0.4 is 0 Å². The first kappa shape index (κ1) is 25.9. The van der Waals surface area contributed by atoms with Crippen LogP contribution in [0.5, 0.6) is 0 Å². The zero-order valence-corrected chi connectivity index (χ0v) is 23.8. The molecule has 6 aromatic rings. The molecule has 0 amide bonds. The zero-order valence-electron chi connectivity index (χ0n) is 20.8. The van der Waals surface area contributed by atoms with Crippen molar-refractivity contribution >= 4 is 67.9 Å². The van der Waals surface area contributed by atoms with Crippen molar-refractivity contribution in [2.75, 3.05) is 0 Å². The quantitative estimate of drug-likeness (QED) is 0.207. The summed E-state index contributed by atoms with van der Waals surface area (Å²) in [6.45, 7) is 0. The molecular formula is C34H20Cl4O2. The highest BCUT2D eigenvalue weighted by molar-refractivity contribution is 6.36. The van der Waals surface area contributed by atoms with Crippen molar-refractivity contribution in [2.45, 2.75) is 11.2 Å². The monoisotopic (exact) mass is 600 g/mol. The van der Waals surface area contributed by atoms with E-state index in [4.69, 9.17) is 46.4 Å². The minimum Gasteiger partial charge on any atom is -0.376 e. The fraction of sp³-hybridized carbons (Fsp3) is 0.0588. The summed E-state index contributed by atoms with van der Waals surface area (Å²) in [6, 6.07) is 33.4. The molecule has 0 heterocycles.